The molecule has 0 aliphatic carbocycles. The number of aromatic nitrogens is 1. The van der Waals surface area contributed by atoms with Gasteiger partial charge in [-0.05, 0) is 19.4 Å². The molecule has 3 rings (SSSR count). The predicted molar refractivity (Wildman–Crippen MR) is 110 cm³/mol. The summed E-state index contributed by atoms with van der Waals surface area (Å²) in [6, 6.07) is -1.10. The Balaban J connectivity index is 0.00000385. The summed E-state index contributed by atoms with van der Waals surface area (Å²) in [7, 11) is 0. The number of oxime groups is 1. The zero-order valence-corrected chi connectivity index (χ0v) is 21.4. The zero-order chi connectivity index (χ0) is 23.8. The predicted octanol–water partition coefficient (Wildman–Crippen LogP) is -5.29. The first kappa shape index (κ1) is 27.1. The van der Waals surface area contributed by atoms with E-state index in [0.717, 1.165) is 28.0 Å². The van der Waals surface area contributed by atoms with Gasteiger partial charge in [-0.25, -0.2) is 9.78 Å². The van der Waals surface area contributed by atoms with E-state index in [2.05, 4.69) is 15.5 Å². The molecule has 0 radical (unpaired) electrons. The van der Waals surface area contributed by atoms with E-state index in [1.54, 1.807) is 0 Å². The largest absolute Gasteiger partial charge is 1.00 e. The Morgan fingerprint density at radius 2 is 2.12 bits per heavy atom. The quantitative estimate of drug-likeness (QED) is 0.113. The molecule has 1 fully saturated rings. The maximum absolute atomic E-state index is 12.9. The summed E-state index contributed by atoms with van der Waals surface area (Å²) in [5.74, 6) is -4.43. The Kier molecular flexibility index (Phi) is 8.53. The third-order valence-corrected chi connectivity index (χ3v) is 6.59. The maximum atomic E-state index is 12.9. The van der Waals surface area contributed by atoms with Crippen molar-refractivity contribution in [2.24, 2.45) is 5.16 Å². The van der Waals surface area contributed by atoms with Gasteiger partial charge in [0, 0.05) is 11.1 Å². The number of aliphatic hydroxyl groups is 1. The number of hydrogen-bond donors (Lipinski definition) is 4. The fraction of sp³-hybridized carbons (Fsp3) is 0.412. The summed E-state index contributed by atoms with van der Waals surface area (Å²) in [6.07, 6.45) is 0. The second-order valence-corrected chi connectivity index (χ2v) is 9.17. The Bertz CT molecular complexity index is 1060. The number of thioether (sulfide) groups is 1. The minimum Gasteiger partial charge on any atom is -0.543 e. The number of carbonyl (C=O) groups is 4. The molecule has 1 aromatic heterocycles. The van der Waals surface area contributed by atoms with E-state index in [4.69, 9.17) is 10.6 Å². The van der Waals surface area contributed by atoms with Crippen LogP contribution in [0.3, 0.4) is 0 Å². The van der Waals surface area contributed by atoms with Crippen LogP contribution < -0.4 is 45.7 Å². The van der Waals surface area contributed by atoms with Gasteiger partial charge in [-0.2, -0.15) is 0 Å². The van der Waals surface area contributed by atoms with Crippen LogP contribution >= 0.6 is 23.1 Å². The third-order valence-electron chi connectivity index (χ3n) is 4.58. The minimum atomic E-state index is -1.76. The molecule has 0 saturated carbocycles. The molecule has 2 aliphatic rings. The summed E-state index contributed by atoms with van der Waals surface area (Å²) in [6.45, 7) is 1.90. The number of thiazole rings is 1. The molecular weight excluding hydrogens is 489 g/mol. The Morgan fingerprint density at radius 1 is 1.45 bits per heavy atom. The molecule has 1 aromatic rings. The van der Waals surface area contributed by atoms with Crippen molar-refractivity contribution >= 4 is 57.7 Å². The zero-order valence-electron chi connectivity index (χ0n) is 17.7. The first-order valence-electron chi connectivity index (χ1n) is 8.98. The average molecular weight is 507 g/mol. The fourth-order valence-corrected chi connectivity index (χ4v) is 4.69. The van der Waals surface area contributed by atoms with Gasteiger partial charge in [0.05, 0.1) is 18.3 Å². The Labute approximate surface area is 217 Å². The van der Waals surface area contributed by atoms with E-state index in [0.29, 0.717) is 0 Å². The molecule has 0 unspecified atom stereocenters. The monoisotopic (exact) mass is 507 g/mol. The maximum Gasteiger partial charge on any atom is 1.00 e. The van der Waals surface area contributed by atoms with Gasteiger partial charge in [0.15, 0.2) is 10.8 Å². The van der Waals surface area contributed by atoms with Crippen molar-refractivity contribution in [2.75, 3.05) is 18.1 Å². The number of amides is 2. The standard InChI is InChI=1S/C17H19N5O8S2.Na/c1-17(2,15(28)29)30-21-8(7-5-32-16(18)19-7)11(24)20-9-12(25)22-10(14(26)27)6(3-23)4-31-13(9)22;/h5,9,13,23H,3-4H2,1-2H3,(H2,18,19)(H,20,24)(H,26,27)(H,28,29);/q;+1/p-1/b21-8-;/t9-,13-;/m1./s1. The number of rotatable bonds is 8. The van der Waals surface area contributed by atoms with Crippen LogP contribution in [0.15, 0.2) is 21.8 Å². The number of β-lactam (4-membered cyclic amide) rings is 1. The van der Waals surface area contributed by atoms with Gasteiger partial charge in [-0.1, -0.05) is 5.16 Å². The van der Waals surface area contributed by atoms with Crippen LogP contribution in [0.5, 0.6) is 0 Å². The summed E-state index contributed by atoms with van der Waals surface area (Å²) in [5.41, 5.74) is 3.15. The van der Waals surface area contributed by atoms with E-state index in [-0.39, 0.29) is 51.7 Å². The number of fused-ring (bicyclic) bond motifs is 1. The topological polar surface area (TPSA) is 208 Å². The number of carboxylic acid groups (broad SMARTS) is 2. The van der Waals surface area contributed by atoms with Crippen LogP contribution in [0.2, 0.25) is 0 Å². The van der Waals surface area contributed by atoms with Crippen LogP contribution in [-0.2, 0) is 24.0 Å². The van der Waals surface area contributed by atoms with Gasteiger partial charge in [0.25, 0.3) is 11.8 Å². The van der Waals surface area contributed by atoms with Crippen molar-refractivity contribution in [1.29, 1.82) is 0 Å². The van der Waals surface area contributed by atoms with Gasteiger partial charge in [-0.15, -0.1) is 23.1 Å². The summed E-state index contributed by atoms with van der Waals surface area (Å²) in [5, 5.41) is 36.8. The van der Waals surface area contributed by atoms with E-state index in [1.807, 2.05) is 0 Å². The van der Waals surface area contributed by atoms with Crippen molar-refractivity contribution in [3.05, 3.63) is 22.3 Å². The van der Waals surface area contributed by atoms with Crippen LogP contribution in [0.1, 0.15) is 19.5 Å². The molecule has 3 heterocycles. The van der Waals surface area contributed by atoms with Gasteiger partial charge in [0.1, 0.15) is 17.1 Å². The van der Waals surface area contributed by atoms with Gasteiger partial charge >= 0.3 is 35.5 Å². The Hall–Kier alpha value is -2.17. The number of nitrogens with zero attached hydrogens (tertiary/aromatic N) is 3. The second-order valence-electron chi connectivity index (χ2n) is 7.18. The van der Waals surface area contributed by atoms with E-state index >= 15 is 0 Å². The molecule has 0 spiro atoms. The SMILES string of the molecule is CC(C)(O/N=C(\C(=O)N[C@@H]1C(=O)N2C(C(=O)[O-])=C(CO)CS[C@H]12)c1csc(N)n1)C(=O)O.[Na+]. The summed E-state index contributed by atoms with van der Waals surface area (Å²) >= 11 is 2.16. The first-order chi connectivity index (χ1) is 15.0. The minimum absolute atomic E-state index is 0. The fourth-order valence-electron chi connectivity index (χ4n) is 2.80. The number of carboxylic acids is 2. The van der Waals surface area contributed by atoms with Crippen LogP contribution in [-0.4, -0.2) is 78.9 Å². The molecule has 33 heavy (non-hydrogen) atoms. The molecule has 0 bridgehead atoms. The van der Waals surface area contributed by atoms with Crippen molar-refractivity contribution < 1.29 is 68.9 Å². The number of hydrogen-bond acceptors (Lipinski definition) is 12. The molecule has 172 valence electrons. The van der Waals surface area contributed by atoms with Crippen LogP contribution in [0.25, 0.3) is 0 Å². The van der Waals surface area contributed by atoms with Crippen molar-refractivity contribution in [3.8, 4) is 0 Å². The number of carbonyl (C=O) groups excluding carboxylic acids is 3. The van der Waals surface area contributed by atoms with E-state index in [1.165, 1.54) is 19.2 Å². The van der Waals surface area contributed by atoms with Crippen molar-refractivity contribution in [1.82, 2.24) is 15.2 Å². The molecule has 0 aromatic carbocycles. The summed E-state index contributed by atoms with van der Waals surface area (Å²) < 4.78 is 0. The number of aliphatic carboxylic acids is 2. The third kappa shape index (κ3) is 5.33. The average Bonchev–Trinajstić information content (AvgIpc) is 3.16. The molecule has 16 heteroatoms. The van der Waals surface area contributed by atoms with Crippen LogP contribution in [0, 0.1) is 0 Å². The number of nitrogens with one attached hydrogen (secondary N) is 1. The number of anilines is 1. The van der Waals surface area contributed by atoms with E-state index < -0.39 is 58.8 Å². The number of nitrogens with two attached hydrogens (primary N) is 1. The number of nitrogen functional groups attached to an aromatic ring is 1. The number of aliphatic hydroxyl groups excluding tert-OH is 1. The van der Waals surface area contributed by atoms with Crippen molar-refractivity contribution in [2.45, 2.75) is 30.9 Å². The molecule has 2 aliphatic heterocycles. The molecule has 2 atom stereocenters. The van der Waals surface area contributed by atoms with Crippen LogP contribution in [0.4, 0.5) is 5.13 Å². The summed E-state index contributed by atoms with van der Waals surface area (Å²) in [4.78, 5) is 58.1. The van der Waals surface area contributed by atoms with Gasteiger partial charge in [0.2, 0.25) is 5.60 Å². The van der Waals surface area contributed by atoms with Gasteiger partial charge in [-0.3, -0.25) is 14.5 Å². The normalized spacial score (nSPS) is 20.4. The van der Waals surface area contributed by atoms with E-state index in [9.17, 15) is 34.5 Å². The second kappa shape index (κ2) is 10.4. The Morgan fingerprint density at radius 3 is 2.64 bits per heavy atom. The molecule has 2 amide bonds. The van der Waals surface area contributed by atoms with Gasteiger partial charge < -0.3 is 36.0 Å². The smallest absolute Gasteiger partial charge is 0.543 e. The first-order valence-corrected chi connectivity index (χ1v) is 10.9. The molecule has 13 nitrogen and oxygen atoms in total. The molecule has 1 saturated heterocycles. The molecular formula is C17H18N5NaO8S2. The molecule has 5 N–H and O–H groups in total. The van der Waals surface area contributed by atoms with Crippen molar-refractivity contribution in [3.63, 3.8) is 0 Å².